The predicted octanol–water partition coefficient (Wildman–Crippen LogP) is 6.35. The summed E-state index contributed by atoms with van der Waals surface area (Å²) in [5.41, 5.74) is 2.49. The quantitative estimate of drug-likeness (QED) is 0.489. The van der Waals surface area contributed by atoms with Gasteiger partial charge in [-0.15, -0.1) is 0 Å². The molecule has 1 aliphatic carbocycles. The van der Waals surface area contributed by atoms with Crippen molar-refractivity contribution < 1.29 is 9.22 Å². The van der Waals surface area contributed by atoms with Crippen molar-refractivity contribution in [1.82, 2.24) is 5.32 Å². The largest absolute Gasteiger partial charge is 0.415 e. The molecule has 0 aromatic heterocycles. The van der Waals surface area contributed by atoms with E-state index in [1.54, 1.807) is 0 Å². The molecule has 4 atom stereocenters. The van der Waals surface area contributed by atoms with Crippen molar-refractivity contribution in [3.05, 3.63) is 71.8 Å². The monoisotopic (exact) mass is 437 g/mol. The van der Waals surface area contributed by atoms with Gasteiger partial charge in [0, 0.05) is 11.8 Å². The van der Waals surface area contributed by atoms with Gasteiger partial charge < -0.3 is 9.74 Å². The van der Waals surface area contributed by atoms with Gasteiger partial charge in [0.05, 0.1) is 18.6 Å². The zero-order valence-electron chi connectivity index (χ0n) is 20.2. The van der Waals surface area contributed by atoms with E-state index in [1.807, 2.05) is 12.1 Å². The zero-order valence-corrected chi connectivity index (χ0v) is 21.2. The summed E-state index contributed by atoms with van der Waals surface area (Å²) in [6.07, 6.45) is 0. The molecular formula is C27H39NO2Si. The second kappa shape index (κ2) is 9.29. The zero-order chi connectivity index (χ0) is 22.8. The lowest BCUT2D eigenvalue weighted by molar-refractivity contribution is -0.123. The maximum Gasteiger partial charge on any atom is 0.224 e. The molecule has 3 rings (SSSR count). The Morgan fingerprint density at radius 3 is 1.77 bits per heavy atom. The van der Waals surface area contributed by atoms with Gasteiger partial charge in [0.2, 0.25) is 5.91 Å². The molecule has 0 aliphatic heterocycles. The third-order valence-corrected chi connectivity index (χ3v) is 11.8. The first-order valence-corrected chi connectivity index (χ1v) is 14.5. The fourth-order valence-corrected chi connectivity index (χ4v) is 5.04. The van der Waals surface area contributed by atoms with Crippen molar-refractivity contribution in [2.24, 2.45) is 11.8 Å². The van der Waals surface area contributed by atoms with E-state index in [1.165, 1.54) is 11.1 Å². The van der Waals surface area contributed by atoms with Crippen LogP contribution in [0, 0.1) is 11.8 Å². The highest BCUT2D eigenvalue weighted by Gasteiger charge is 2.56. The van der Waals surface area contributed by atoms with Gasteiger partial charge in [-0.1, -0.05) is 95.3 Å². The number of rotatable bonds is 8. The van der Waals surface area contributed by atoms with E-state index < -0.39 is 8.32 Å². The first kappa shape index (κ1) is 23.7. The maximum absolute atomic E-state index is 13.5. The third kappa shape index (κ3) is 5.47. The molecule has 0 heterocycles. The molecule has 0 bridgehead atoms. The average molecular weight is 438 g/mol. The van der Waals surface area contributed by atoms with E-state index in [-0.39, 0.29) is 34.7 Å². The van der Waals surface area contributed by atoms with Crippen LogP contribution < -0.4 is 5.32 Å². The molecule has 0 spiro atoms. The van der Waals surface area contributed by atoms with E-state index in [0.29, 0.717) is 12.5 Å². The molecule has 1 aliphatic rings. The van der Waals surface area contributed by atoms with Crippen molar-refractivity contribution in [3.8, 4) is 0 Å². The van der Waals surface area contributed by atoms with Crippen molar-refractivity contribution in [2.45, 2.75) is 70.6 Å². The molecule has 0 saturated heterocycles. The summed E-state index contributed by atoms with van der Waals surface area (Å²) in [6, 6.07) is 20.9. The standard InChI is InChI=1S/C27H39NO2Si/c1-19(2)22(18-30-31(6,7)27(3,4)5)28-26(29)25-23(20-14-10-8-11-15-20)24(25)21-16-12-9-13-17-21/h8-17,19,22-25H,18H2,1-7H3,(H,28,29)/t22-,23-,24+,25?/m1/s1. The summed E-state index contributed by atoms with van der Waals surface area (Å²) in [4.78, 5) is 13.5. The van der Waals surface area contributed by atoms with Gasteiger partial charge in [0.15, 0.2) is 8.32 Å². The van der Waals surface area contributed by atoms with Gasteiger partial charge >= 0.3 is 0 Å². The number of benzene rings is 2. The average Bonchev–Trinajstić information content (AvgIpc) is 3.47. The molecule has 2 aromatic carbocycles. The van der Waals surface area contributed by atoms with Crippen molar-refractivity contribution in [1.29, 1.82) is 0 Å². The highest BCUT2D eigenvalue weighted by atomic mass is 28.4. The molecule has 1 N–H and O–H groups in total. The Bertz CT molecular complexity index is 812. The number of hydrogen-bond acceptors (Lipinski definition) is 2. The Labute approximate surface area is 189 Å². The van der Waals surface area contributed by atoms with Crippen LogP contribution in [-0.4, -0.2) is 26.9 Å². The molecule has 0 radical (unpaired) electrons. The van der Waals surface area contributed by atoms with Gasteiger partial charge in [-0.2, -0.15) is 0 Å². The molecule has 1 saturated carbocycles. The highest BCUT2D eigenvalue weighted by Crippen LogP contribution is 2.60. The van der Waals surface area contributed by atoms with E-state index in [4.69, 9.17) is 4.43 Å². The molecule has 1 fully saturated rings. The van der Waals surface area contributed by atoms with Crippen LogP contribution in [0.4, 0.5) is 0 Å². The SMILES string of the molecule is CC(C)[C@@H](CO[Si](C)(C)C(C)(C)C)NC(=O)C1[C@@H](c2ccccc2)[C@H]1c1ccccc1. The first-order chi connectivity index (χ1) is 14.5. The van der Waals surface area contributed by atoms with Crippen LogP contribution >= 0.6 is 0 Å². The normalized spacial score (nSPS) is 22.3. The van der Waals surface area contributed by atoms with Crippen LogP contribution in [0.25, 0.3) is 0 Å². The van der Waals surface area contributed by atoms with E-state index in [0.717, 1.165) is 0 Å². The Hall–Kier alpha value is -1.91. The Morgan fingerprint density at radius 1 is 0.935 bits per heavy atom. The molecule has 168 valence electrons. The minimum Gasteiger partial charge on any atom is -0.415 e. The molecule has 1 amide bonds. The fraction of sp³-hybridized carbons (Fsp3) is 0.519. The van der Waals surface area contributed by atoms with Crippen LogP contribution in [0.3, 0.4) is 0 Å². The fourth-order valence-electron chi connectivity index (χ4n) is 4.01. The summed E-state index contributed by atoms with van der Waals surface area (Å²) >= 11 is 0. The lowest BCUT2D eigenvalue weighted by Gasteiger charge is -2.38. The molecular weight excluding hydrogens is 398 g/mol. The summed E-state index contributed by atoms with van der Waals surface area (Å²) in [6.45, 7) is 16.2. The lowest BCUT2D eigenvalue weighted by Crippen LogP contribution is -2.48. The topological polar surface area (TPSA) is 38.3 Å². The van der Waals surface area contributed by atoms with E-state index in [2.05, 4.69) is 102 Å². The third-order valence-electron chi connectivity index (χ3n) is 7.25. The highest BCUT2D eigenvalue weighted by molar-refractivity contribution is 6.74. The van der Waals surface area contributed by atoms with Gasteiger partial charge in [0.25, 0.3) is 0 Å². The molecule has 3 nitrogen and oxygen atoms in total. The van der Waals surface area contributed by atoms with Crippen molar-refractivity contribution >= 4 is 14.2 Å². The smallest absolute Gasteiger partial charge is 0.224 e. The van der Waals surface area contributed by atoms with Crippen molar-refractivity contribution in [2.75, 3.05) is 6.61 Å². The summed E-state index contributed by atoms with van der Waals surface area (Å²) in [5.74, 6) is 0.910. The van der Waals surface area contributed by atoms with Gasteiger partial charge in [-0.05, 0) is 35.2 Å². The number of carbonyl (C=O) groups excluding carboxylic acids is 1. The van der Waals surface area contributed by atoms with Crippen LogP contribution in [0.2, 0.25) is 18.1 Å². The second-order valence-electron chi connectivity index (χ2n) is 10.8. The van der Waals surface area contributed by atoms with Gasteiger partial charge in [0.1, 0.15) is 0 Å². The first-order valence-electron chi connectivity index (χ1n) is 11.6. The number of carbonyl (C=O) groups is 1. The summed E-state index contributed by atoms with van der Waals surface area (Å²) < 4.78 is 6.47. The Morgan fingerprint density at radius 2 is 1.39 bits per heavy atom. The molecule has 31 heavy (non-hydrogen) atoms. The summed E-state index contributed by atoms with van der Waals surface area (Å²) in [5, 5.41) is 3.52. The Kier molecular flexibility index (Phi) is 7.12. The van der Waals surface area contributed by atoms with Crippen molar-refractivity contribution in [3.63, 3.8) is 0 Å². The van der Waals surface area contributed by atoms with E-state index in [9.17, 15) is 4.79 Å². The van der Waals surface area contributed by atoms with E-state index >= 15 is 0 Å². The minimum atomic E-state index is -1.86. The Balaban J connectivity index is 1.74. The predicted molar refractivity (Wildman–Crippen MR) is 132 cm³/mol. The van der Waals surface area contributed by atoms with Gasteiger partial charge in [-0.25, -0.2) is 0 Å². The van der Waals surface area contributed by atoms with Gasteiger partial charge in [-0.3, -0.25) is 4.79 Å². The maximum atomic E-state index is 13.5. The molecule has 4 heteroatoms. The lowest BCUT2D eigenvalue weighted by atomic mass is 10.0. The number of amides is 1. The van der Waals surface area contributed by atoms with Crippen LogP contribution in [-0.2, 0) is 9.22 Å². The summed E-state index contributed by atoms with van der Waals surface area (Å²) in [7, 11) is -1.86. The second-order valence-corrected chi connectivity index (χ2v) is 15.6. The molecule has 2 aromatic rings. The van der Waals surface area contributed by atoms with Crippen LogP contribution in [0.1, 0.15) is 57.6 Å². The molecule has 1 unspecified atom stereocenters. The number of nitrogens with one attached hydrogen (secondary N) is 1. The minimum absolute atomic E-state index is 0.0232. The van der Waals surface area contributed by atoms with Crippen LogP contribution in [0.5, 0.6) is 0 Å². The number of hydrogen-bond donors (Lipinski definition) is 1. The van der Waals surface area contributed by atoms with Crippen LogP contribution in [0.15, 0.2) is 60.7 Å².